The third-order valence-electron chi connectivity index (χ3n) is 3.85. The van der Waals surface area contributed by atoms with E-state index in [0.29, 0.717) is 24.4 Å². The Kier molecular flexibility index (Phi) is 2.66. The van der Waals surface area contributed by atoms with Crippen molar-refractivity contribution in [2.24, 2.45) is 0 Å². The Morgan fingerprint density at radius 3 is 2.50 bits per heavy atom. The van der Waals surface area contributed by atoms with E-state index >= 15 is 0 Å². The first-order valence-electron chi connectivity index (χ1n) is 6.25. The second kappa shape index (κ2) is 4.20. The second-order valence-electron chi connectivity index (χ2n) is 5.07. The molecule has 3 N–H and O–H groups in total. The van der Waals surface area contributed by atoms with E-state index in [2.05, 4.69) is 10.2 Å². The summed E-state index contributed by atoms with van der Waals surface area (Å²) in [5, 5.41) is 17.3. The molecule has 2 aliphatic heterocycles. The van der Waals surface area contributed by atoms with Gasteiger partial charge in [-0.25, -0.2) is 0 Å². The molecular weight excluding hydrogens is 232 g/mol. The maximum atomic E-state index is 12.4. The van der Waals surface area contributed by atoms with Crippen molar-refractivity contribution < 1.29 is 9.90 Å². The van der Waals surface area contributed by atoms with Crippen LogP contribution in [0, 0.1) is 0 Å². The van der Waals surface area contributed by atoms with E-state index in [4.69, 9.17) is 5.73 Å². The molecule has 0 saturated carbocycles. The first-order valence-corrected chi connectivity index (χ1v) is 6.25. The summed E-state index contributed by atoms with van der Waals surface area (Å²) in [4.78, 5) is 14.2. The monoisotopic (exact) mass is 248 g/mol. The molecule has 2 fully saturated rings. The summed E-state index contributed by atoms with van der Waals surface area (Å²) in [5.41, 5.74) is 5.79. The summed E-state index contributed by atoms with van der Waals surface area (Å²) >= 11 is 0. The van der Waals surface area contributed by atoms with Gasteiger partial charge in [0, 0.05) is 12.1 Å². The Bertz CT molecular complexity index is 448. The highest BCUT2D eigenvalue weighted by atomic mass is 16.3. The van der Waals surface area contributed by atoms with Gasteiger partial charge in [0.25, 0.3) is 5.91 Å². The molecule has 2 aliphatic rings. The van der Waals surface area contributed by atoms with Crippen LogP contribution in [0.3, 0.4) is 0 Å². The molecule has 2 atom stereocenters. The zero-order chi connectivity index (χ0) is 12.7. The number of anilines is 1. The summed E-state index contributed by atoms with van der Waals surface area (Å²) < 4.78 is 0. The van der Waals surface area contributed by atoms with E-state index in [1.54, 1.807) is 12.1 Å². The number of hydrogen-bond donors (Lipinski definition) is 2. The fourth-order valence-electron chi connectivity index (χ4n) is 3.07. The fraction of sp³-hybridized carbons (Fsp3) is 0.583. The number of fused-ring (bicyclic) bond motifs is 2. The molecule has 2 unspecified atom stereocenters. The summed E-state index contributed by atoms with van der Waals surface area (Å²) in [6.07, 6.45) is 3.00. The first-order chi connectivity index (χ1) is 8.65. The Hall–Kier alpha value is -1.69. The topological polar surface area (TPSA) is 92.3 Å². The minimum Gasteiger partial charge on any atom is -0.393 e. The van der Waals surface area contributed by atoms with Crippen LogP contribution in [0.15, 0.2) is 12.1 Å². The number of hydrogen-bond acceptors (Lipinski definition) is 5. The van der Waals surface area contributed by atoms with Gasteiger partial charge in [-0.05, 0) is 37.8 Å². The van der Waals surface area contributed by atoms with Crippen LogP contribution < -0.4 is 5.73 Å². The smallest absolute Gasteiger partial charge is 0.274 e. The third kappa shape index (κ3) is 1.82. The van der Waals surface area contributed by atoms with Crippen molar-refractivity contribution in [3.05, 3.63) is 17.8 Å². The lowest BCUT2D eigenvalue weighted by molar-refractivity contribution is 0.0282. The van der Waals surface area contributed by atoms with E-state index < -0.39 is 0 Å². The molecule has 6 nitrogen and oxygen atoms in total. The van der Waals surface area contributed by atoms with Crippen molar-refractivity contribution in [1.29, 1.82) is 0 Å². The van der Waals surface area contributed by atoms with Crippen LogP contribution in [0.25, 0.3) is 0 Å². The average Bonchev–Trinajstić information content (AvgIpc) is 2.62. The summed E-state index contributed by atoms with van der Waals surface area (Å²) in [7, 11) is 0. The van der Waals surface area contributed by atoms with E-state index in [1.165, 1.54) is 0 Å². The quantitative estimate of drug-likeness (QED) is 0.740. The number of piperidine rings is 1. The van der Waals surface area contributed by atoms with Gasteiger partial charge in [0.1, 0.15) is 5.82 Å². The SMILES string of the molecule is Nc1ccc(C(=O)N2C3CCC2CC(O)C3)nn1. The van der Waals surface area contributed by atoms with Gasteiger partial charge in [-0.15, -0.1) is 10.2 Å². The van der Waals surface area contributed by atoms with E-state index in [0.717, 1.165) is 12.8 Å². The van der Waals surface area contributed by atoms with Crippen LogP contribution in [-0.4, -0.2) is 44.3 Å². The van der Waals surface area contributed by atoms with Gasteiger partial charge in [0.2, 0.25) is 0 Å². The van der Waals surface area contributed by atoms with Gasteiger partial charge >= 0.3 is 0 Å². The molecule has 3 heterocycles. The van der Waals surface area contributed by atoms with Crippen LogP contribution in [0.4, 0.5) is 5.82 Å². The molecule has 6 heteroatoms. The number of aromatic nitrogens is 2. The van der Waals surface area contributed by atoms with Gasteiger partial charge < -0.3 is 15.7 Å². The Morgan fingerprint density at radius 1 is 1.28 bits per heavy atom. The highest BCUT2D eigenvalue weighted by molar-refractivity contribution is 5.93. The number of amides is 1. The molecule has 2 saturated heterocycles. The maximum absolute atomic E-state index is 12.4. The van der Waals surface area contributed by atoms with Crippen molar-refractivity contribution >= 4 is 11.7 Å². The summed E-state index contributed by atoms with van der Waals surface area (Å²) in [5.74, 6) is 0.213. The fourth-order valence-corrected chi connectivity index (χ4v) is 3.07. The van der Waals surface area contributed by atoms with Gasteiger partial charge in [0.05, 0.1) is 6.10 Å². The molecule has 2 bridgehead atoms. The first kappa shape index (κ1) is 11.4. The Labute approximate surface area is 105 Å². The largest absolute Gasteiger partial charge is 0.393 e. The summed E-state index contributed by atoms with van der Waals surface area (Å²) in [6, 6.07) is 3.48. The lowest BCUT2D eigenvalue weighted by Crippen LogP contribution is -2.48. The number of aliphatic hydroxyl groups is 1. The van der Waals surface area contributed by atoms with Crippen LogP contribution in [0.1, 0.15) is 36.2 Å². The van der Waals surface area contributed by atoms with E-state index in [-0.39, 0.29) is 24.1 Å². The van der Waals surface area contributed by atoms with Gasteiger partial charge in [-0.2, -0.15) is 0 Å². The van der Waals surface area contributed by atoms with Gasteiger partial charge in [0.15, 0.2) is 5.69 Å². The van der Waals surface area contributed by atoms with E-state index in [9.17, 15) is 9.90 Å². The third-order valence-corrected chi connectivity index (χ3v) is 3.85. The Morgan fingerprint density at radius 2 is 1.94 bits per heavy atom. The van der Waals surface area contributed by atoms with Crippen LogP contribution >= 0.6 is 0 Å². The van der Waals surface area contributed by atoms with Crippen LogP contribution in [-0.2, 0) is 0 Å². The minimum absolute atomic E-state index is 0.0955. The highest BCUT2D eigenvalue weighted by Crippen LogP contribution is 2.36. The molecule has 0 aliphatic carbocycles. The number of nitrogens with zero attached hydrogens (tertiary/aromatic N) is 3. The molecule has 1 amide bonds. The van der Waals surface area contributed by atoms with Crippen molar-refractivity contribution in [2.45, 2.75) is 43.9 Å². The number of nitrogen functional groups attached to an aromatic ring is 1. The average molecular weight is 248 g/mol. The number of aliphatic hydroxyl groups excluding tert-OH is 1. The molecule has 0 radical (unpaired) electrons. The number of carbonyl (C=O) groups excluding carboxylic acids is 1. The standard InChI is InChI=1S/C12H16N4O2/c13-11-4-3-10(14-15-11)12(18)16-7-1-2-8(16)6-9(17)5-7/h3-4,7-9,17H,1-2,5-6H2,(H2,13,15). The predicted molar refractivity (Wildman–Crippen MR) is 64.7 cm³/mol. The molecule has 3 rings (SSSR count). The van der Waals surface area contributed by atoms with Crippen molar-refractivity contribution in [3.63, 3.8) is 0 Å². The lowest BCUT2D eigenvalue weighted by atomic mass is 9.99. The van der Waals surface area contributed by atoms with Gasteiger partial charge in [-0.3, -0.25) is 4.79 Å². The van der Waals surface area contributed by atoms with Crippen molar-refractivity contribution in [3.8, 4) is 0 Å². The van der Waals surface area contributed by atoms with Crippen molar-refractivity contribution in [2.75, 3.05) is 5.73 Å². The van der Waals surface area contributed by atoms with E-state index in [1.807, 2.05) is 4.90 Å². The molecule has 1 aromatic heterocycles. The zero-order valence-corrected chi connectivity index (χ0v) is 9.99. The zero-order valence-electron chi connectivity index (χ0n) is 9.99. The Balaban J connectivity index is 1.83. The minimum atomic E-state index is -0.274. The maximum Gasteiger partial charge on any atom is 0.274 e. The van der Waals surface area contributed by atoms with Crippen LogP contribution in [0.2, 0.25) is 0 Å². The molecule has 96 valence electrons. The summed E-state index contributed by atoms with van der Waals surface area (Å²) in [6.45, 7) is 0. The number of carbonyl (C=O) groups is 1. The molecule has 1 aromatic rings. The molecule has 0 aromatic carbocycles. The lowest BCUT2D eigenvalue weighted by Gasteiger charge is -2.36. The second-order valence-corrected chi connectivity index (χ2v) is 5.07. The normalized spacial score (nSPS) is 30.5. The molecule has 18 heavy (non-hydrogen) atoms. The number of nitrogens with two attached hydrogens (primary N) is 1. The predicted octanol–water partition coefficient (Wildman–Crippen LogP) is 0.187. The van der Waals surface area contributed by atoms with Crippen molar-refractivity contribution in [1.82, 2.24) is 15.1 Å². The van der Waals surface area contributed by atoms with Crippen LogP contribution in [0.5, 0.6) is 0 Å². The molecular formula is C12H16N4O2. The number of rotatable bonds is 1. The van der Waals surface area contributed by atoms with Gasteiger partial charge in [-0.1, -0.05) is 0 Å². The molecule has 0 spiro atoms. The highest BCUT2D eigenvalue weighted by Gasteiger charge is 2.43.